The van der Waals surface area contributed by atoms with Crippen LogP contribution in [0, 0.1) is 0 Å². The molecule has 0 spiro atoms. The van der Waals surface area contributed by atoms with Crippen molar-refractivity contribution in [2.24, 2.45) is 5.73 Å². The first kappa shape index (κ1) is 11.9. The summed E-state index contributed by atoms with van der Waals surface area (Å²) in [7, 11) is 3.57. The number of nitrogens with two attached hydrogens (primary N) is 1. The zero-order valence-corrected chi connectivity index (χ0v) is 10.4. The molecule has 1 aromatic carbocycles. The molecule has 0 fully saturated rings. The monoisotopic (exact) mass is 233 g/mol. The molecule has 17 heavy (non-hydrogen) atoms. The molecule has 0 saturated carbocycles. The maximum Gasteiger partial charge on any atom is 0.319 e. The number of fused-ring (bicyclic) bond motifs is 1. The topological polar surface area (TPSA) is 49.6 Å². The summed E-state index contributed by atoms with van der Waals surface area (Å²) in [6.45, 7) is 2.04. The molecule has 1 aliphatic heterocycles. The molecule has 92 valence electrons. The van der Waals surface area contributed by atoms with Crippen molar-refractivity contribution in [1.29, 1.82) is 0 Å². The Morgan fingerprint density at radius 3 is 2.82 bits per heavy atom. The molecular weight excluding hydrogens is 214 g/mol. The molecule has 1 heterocycles. The SMILES string of the molecule is CN(C)C(=O)N1CCc2ccc(CN)cc2C1. The van der Waals surface area contributed by atoms with Crippen molar-refractivity contribution in [3.63, 3.8) is 0 Å². The Balaban J connectivity index is 2.19. The van der Waals surface area contributed by atoms with Gasteiger partial charge < -0.3 is 15.5 Å². The lowest BCUT2D eigenvalue weighted by Crippen LogP contribution is -2.42. The second-order valence-corrected chi connectivity index (χ2v) is 4.66. The molecule has 0 saturated heterocycles. The zero-order valence-electron chi connectivity index (χ0n) is 10.4. The fourth-order valence-electron chi connectivity index (χ4n) is 2.18. The number of urea groups is 1. The Morgan fingerprint density at radius 1 is 1.41 bits per heavy atom. The van der Waals surface area contributed by atoms with Gasteiger partial charge in [-0.2, -0.15) is 0 Å². The quantitative estimate of drug-likeness (QED) is 0.792. The van der Waals surface area contributed by atoms with Gasteiger partial charge in [0.15, 0.2) is 0 Å². The van der Waals surface area contributed by atoms with Crippen molar-refractivity contribution in [2.45, 2.75) is 19.5 Å². The van der Waals surface area contributed by atoms with Gasteiger partial charge in [-0.05, 0) is 23.1 Å². The summed E-state index contributed by atoms with van der Waals surface area (Å²) in [5.74, 6) is 0. The van der Waals surface area contributed by atoms with Crippen LogP contribution in [0.25, 0.3) is 0 Å². The fraction of sp³-hybridized carbons (Fsp3) is 0.462. The second-order valence-electron chi connectivity index (χ2n) is 4.66. The van der Waals surface area contributed by atoms with Gasteiger partial charge in [0.05, 0.1) is 0 Å². The molecule has 1 aliphatic rings. The minimum atomic E-state index is 0.0776. The van der Waals surface area contributed by atoms with Gasteiger partial charge in [0.1, 0.15) is 0 Å². The van der Waals surface area contributed by atoms with E-state index >= 15 is 0 Å². The smallest absolute Gasteiger partial charge is 0.319 e. The number of benzene rings is 1. The average molecular weight is 233 g/mol. The van der Waals surface area contributed by atoms with Crippen LogP contribution in [-0.2, 0) is 19.5 Å². The van der Waals surface area contributed by atoms with Gasteiger partial charge in [0.2, 0.25) is 0 Å². The molecule has 0 atom stereocenters. The highest BCUT2D eigenvalue weighted by Crippen LogP contribution is 2.20. The molecular formula is C13H19N3O. The average Bonchev–Trinajstić information content (AvgIpc) is 2.36. The predicted molar refractivity (Wildman–Crippen MR) is 67.5 cm³/mol. The van der Waals surface area contributed by atoms with Gasteiger partial charge in [-0.25, -0.2) is 4.79 Å². The first-order chi connectivity index (χ1) is 8.11. The van der Waals surface area contributed by atoms with Gasteiger partial charge in [-0.15, -0.1) is 0 Å². The third kappa shape index (κ3) is 2.42. The van der Waals surface area contributed by atoms with Crippen LogP contribution in [0.4, 0.5) is 4.79 Å². The molecule has 2 rings (SSSR count). The van der Waals surface area contributed by atoms with Crippen molar-refractivity contribution < 1.29 is 4.79 Å². The highest BCUT2D eigenvalue weighted by Gasteiger charge is 2.21. The van der Waals surface area contributed by atoms with E-state index < -0.39 is 0 Å². The first-order valence-corrected chi connectivity index (χ1v) is 5.89. The molecule has 0 aliphatic carbocycles. The van der Waals surface area contributed by atoms with Gasteiger partial charge in [0, 0.05) is 33.7 Å². The standard InChI is InChI=1S/C13H19N3O/c1-15(2)13(17)16-6-5-11-4-3-10(8-14)7-12(11)9-16/h3-4,7H,5-6,8-9,14H2,1-2H3. The largest absolute Gasteiger partial charge is 0.331 e. The Bertz CT molecular complexity index is 429. The van der Waals surface area contributed by atoms with Crippen molar-refractivity contribution in [3.05, 3.63) is 34.9 Å². The van der Waals surface area contributed by atoms with Gasteiger partial charge in [-0.3, -0.25) is 0 Å². The van der Waals surface area contributed by atoms with Crippen molar-refractivity contribution in [2.75, 3.05) is 20.6 Å². The normalized spacial score (nSPS) is 14.4. The molecule has 2 amide bonds. The summed E-state index contributed by atoms with van der Waals surface area (Å²) >= 11 is 0. The summed E-state index contributed by atoms with van der Waals surface area (Å²) in [5, 5.41) is 0. The Labute approximate surface area is 102 Å². The predicted octanol–water partition coefficient (Wildman–Crippen LogP) is 1.18. The van der Waals surface area contributed by atoms with Crippen molar-refractivity contribution in [1.82, 2.24) is 9.80 Å². The summed E-state index contributed by atoms with van der Waals surface area (Å²) in [6, 6.07) is 6.40. The third-order valence-electron chi connectivity index (χ3n) is 3.17. The Hall–Kier alpha value is -1.55. The van der Waals surface area contributed by atoms with E-state index in [1.165, 1.54) is 11.1 Å². The second kappa shape index (κ2) is 4.75. The Morgan fingerprint density at radius 2 is 2.18 bits per heavy atom. The van der Waals surface area contributed by atoms with E-state index in [9.17, 15) is 4.79 Å². The van der Waals surface area contributed by atoms with Crippen LogP contribution >= 0.6 is 0 Å². The number of amides is 2. The van der Waals surface area contributed by atoms with E-state index in [-0.39, 0.29) is 6.03 Å². The maximum atomic E-state index is 11.9. The van der Waals surface area contributed by atoms with E-state index in [1.807, 2.05) is 4.90 Å². The lowest BCUT2D eigenvalue weighted by Gasteiger charge is -2.31. The number of carbonyl (C=O) groups is 1. The van der Waals surface area contributed by atoms with Crippen LogP contribution in [0.15, 0.2) is 18.2 Å². The molecule has 0 radical (unpaired) electrons. The number of rotatable bonds is 1. The molecule has 0 aromatic heterocycles. The lowest BCUT2D eigenvalue weighted by molar-refractivity contribution is 0.165. The first-order valence-electron chi connectivity index (χ1n) is 5.89. The zero-order chi connectivity index (χ0) is 12.4. The van der Waals surface area contributed by atoms with E-state index in [4.69, 9.17) is 5.73 Å². The van der Waals surface area contributed by atoms with Crippen molar-refractivity contribution >= 4 is 6.03 Å². The highest BCUT2D eigenvalue weighted by atomic mass is 16.2. The molecule has 1 aromatic rings. The fourth-order valence-corrected chi connectivity index (χ4v) is 2.18. The molecule has 4 nitrogen and oxygen atoms in total. The van der Waals surface area contributed by atoms with E-state index in [1.54, 1.807) is 19.0 Å². The van der Waals surface area contributed by atoms with Crippen LogP contribution < -0.4 is 5.73 Å². The van der Waals surface area contributed by atoms with E-state index in [0.29, 0.717) is 13.1 Å². The highest BCUT2D eigenvalue weighted by molar-refractivity contribution is 5.74. The molecule has 2 N–H and O–H groups in total. The summed E-state index contributed by atoms with van der Waals surface area (Å²) in [6.07, 6.45) is 0.930. The molecule has 0 unspecified atom stereocenters. The number of carbonyl (C=O) groups excluding carboxylic acids is 1. The maximum absolute atomic E-state index is 11.9. The van der Waals surface area contributed by atoms with Crippen LogP contribution in [0.1, 0.15) is 16.7 Å². The van der Waals surface area contributed by atoms with Gasteiger partial charge >= 0.3 is 6.03 Å². The van der Waals surface area contributed by atoms with Crippen LogP contribution in [-0.4, -0.2) is 36.5 Å². The van der Waals surface area contributed by atoms with Gasteiger partial charge in [-0.1, -0.05) is 18.2 Å². The molecule has 4 heteroatoms. The Kier molecular flexibility index (Phi) is 3.33. The number of nitrogens with zero attached hydrogens (tertiary/aromatic N) is 2. The summed E-state index contributed by atoms with van der Waals surface area (Å²) in [4.78, 5) is 15.4. The summed E-state index contributed by atoms with van der Waals surface area (Å²) in [5.41, 5.74) is 9.33. The molecule has 0 bridgehead atoms. The summed E-state index contributed by atoms with van der Waals surface area (Å²) < 4.78 is 0. The van der Waals surface area contributed by atoms with Crippen molar-refractivity contribution in [3.8, 4) is 0 Å². The van der Waals surface area contributed by atoms with Crippen LogP contribution in [0.5, 0.6) is 0 Å². The number of hydrogen-bond acceptors (Lipinski definition) is 2. The van der Waals surface area contributed by atoms with Crippen LogP contribution in [0.2, 0.25) is 0 Å². The number of hydrogen-bond donors (Lipinski definition) is 1. The third-order valence-corrected chi connectivity index (χ3v) is 3.17. The van der Waals surface area contributed by atoms with Gasteiger partial charge in [0.25, 0.3) is 0 Å². The van der Waals surface area contributed by atoms with E-state index in [2.05, 4.69) is 18.2 Å². The van der Waals surface area contributed by atoms with Crippen LogP contribution in [0.3, 0.4) is 0 Å². The van der Waals surface area contributed by atoms with E-state index in [0.717, 1.165) is 18.5 Å². The minimum Gasteiger partial charge on any atom is -0.331 e. The lowest BCUT2D eigenvalue weighted by atomic mass is 9.97. The minimum absolute atomic E-state index is 0.0776.